The predicted molar refractivity (Wildman–Crippen MR) is 121 cm³/mol. The van der Waals surface area contributed by atoms with Crippen LogP contribution in [0.4, 0.5) is 0 Å². The number of hydrogen-bond donors (Lipinski definition) is 0. The van der Waals surface area contributed by atoms with Crippen LogP contribution in [0.2, 0.25) is 0 Å². The number of benzene rings is 2. The molecule has 7 nitrogen and oxygen atoms in total. The smallest absolute Gasteiger partial charge is 0.198 e. The highest BCUT2D eigenvalue weighted by atomic mass is 16.5. The highest BCUT2D eigenvalue weighted by molar-refractivity contribution is 6.24. The molecule has 32 heavy (non-hydrogen) atoms. The largest absolute Gasteiger partial charge is 0.492 e. The van der Waals surface area contributed by atoms with E-state index in [1.807, 2.05) is 36.4 Å². The van der Waals surface area contributed by atoms with Crippen molar-refractivity contribution in [2.75, 3.05) is 78.9 Å². The first-order valence-corrected chi connectivity index (χ1v) is 11.5. The van der Waals surface area contributed by atoms with Gasteiger partial charge in [0.2, 0.25) is 0 Å². The standard InChI is InChI=1S/C25H30N2O5/c28-25-20-4-2-5-21(31-17-11-26-7-13-29-14-8-26)23(20)19-3-1-6-22(24(19)25)32-18-12-27-9-15-30-16-10-27/h1-6H,7-18H2. The minimum Gasteiger partial charge on any atom is -0.492 e. The molecule has 2 fully saturated rings. The molecule has 2 aromatic rings. The van der Waals surface area contributed by atoms with Crippen molar-refractivity contribution in [1.29, 1.82) is 0 Å². The van der Waals surface area contributed by atoms with Crippen molar-refractivity contribution >= 4 is 5.78 Å². The Balaban J connectivity index is 1.29. The van der Waals surface area contributed by atoms with Crippen LogP contribution in [-0.2, 0) is 9.47 Å². The van der Waals surface area contributed by atoms with Crippen molar-refractivity contribution in [2.45, 2.75) is 0 Å². The second-order valence-electron chi connectivity index (χ2n) is 8.29. The van der Waals surface area contributed by atoms with Crippen LogP contribution in [0, 0.1) is 0 Å². The van der Waals surface area contributed by atoms with Gasteiger partial charge in [-0.3, -0.25) is 14.6 Å². The molecule has 0 amide bonds. The van der Waals surface area contributed by atoms with Crippen LogP contribution in [-0.4, -0.2) is 94.5 Å². The van der Waals surface area contributed by atoms with E-state index in [0.29, 0.717) is 30.1 Å². The van der Waals surface area contributed by atoms with Crippen molar-refractivity contribution in [1.82, 2.24) is 9.80 Å². The first-order valence-electron chi connectivity index (χ1n) is 11.5. The maximum atomic E-state index is 13.3. The molecule has 0 bridgehead atoms. The lowest BCUT2D eigenvalue weighted by Gasteiger charge is -2.26. The van der Waals surface area contributed by atoms with Gasteiger partial charge in [-0.05, 0) is 12.1 Å². The summed E-state index contributed by atoms with van der Waals surface area (Å²) in [6, 6.07) is 11.6. The number of carbonyl (C=O) groups is 1. The molecular formula is C25H30N2O5. The monoisotopic (exact) mass is 438 g/mol. The van der Waals surface area contributed by atoms with E-state index in [0.717, 1.165) is 82.6 Å². The van der Waals surface area contributed by atoms with Crippen molar-refractivity contribution < 1.29 is 23.7 Å². The average molecular weight is 439 g/mol. The second kappa shape index (κ2) is 10.0. The lowest BCUT2D eigenvalue weighted by atomic mass is 10.0. The Kier molecular flexibility index (Phi) is 6.69. The molecule has 0 unspecified atom stereocenters. The highest BCUT2D eigenvalue weighted by Crippen LogP contribution is 2.45. The van der Waals surface area contributed by atoms with E-state index in [9.17, 15) is 4.79 Å². The normalized spacial score (nSPS) is 18.9. The molecular weight excluding hydrogens is 408 g/mol. The van der Waals surface area contributed by atoms with Crippen molar-refractivity contribution in [3.05, 3.63) is 47.5 Å². The first kappa shape index (κ1) is 21.4. The van der Waals surface area contributed by atoms with Crippen LogP contribution in [0.3, 0.4) is 0 Å². The fourth-order valence-electron chi connectivity index (χ4n) is 4.57. The average Bonchev–Trinajstić information content (AvgIpc) is 3.14. The Morgan fingerprint density at radius 1 is 0.688 bits per heavy atom. The fraction of sp³-hybridized carbons (Fsp3) is 0.480. The summed E-state index contributed by atoms with van der Waals surface area (Å²) in [4.78, 5) is 17.9. The topological polar surface area (TPSA) is 60.5 Å². The SMILES string of the molecule is O=C1c2cccc(OCCN3CCOCC3)c2-c2cccc(OCCN3CCOCC3)c21. The molecule has 0 spiro atoms. The molecule has 170 valence electrons. The number of fused-ring (bicyclic) bond motifs is 3. The van der Waals surface area contributed by atoms with Gasteiger partial charge in [-0.25, -0.2) is 0 Å². The van der Waals surface area contributed by atoms with Gasteiger partial charge in [-0.15, -0.1) is 0 Å². The van der Waals surface area contributed by atoms with E-state index in [-0.39, 0.29) is 5.78 Å². The molecule has 0 radical (unpaired) electrons. The fourth-order valence-corrected chi connectivity index (χ4v) is 4.57. The van der Waals surface area contributed by atoms with Gasteiger partial charge in [0.25, 0.3) is 0 Å². The van der Waals surface area contributed by atoms with E-state index in [1.54, 1.807) is 0 Å². The summed E-state index contributed by atoms with van der Waals surface area (Å²) in [7, 11) is 0. The van der Waals surface area contributed by atoms with Crippen LogP contribution in [0.25, 0.3) is 11.1 Å². The number of carbonyl (C=O) groups excluding carboxylic acids is 1. The third kappa shape index (κ3) is 4.52. The third-order valence-electron chi connectivity index (χ3n) is 6.33. The number of ether oxygens (including phenoxy) is 4. The zero-order valence-electron chi connectivity index (χ0n) is 18.4. The summed E-state index contributed by atoms with van der Waals surface area (Å²) in [6.45, 7) is 9.59. The van der Waals surface area contributed by atoms with Crippen LogP contribution in [0.15, 0.2) is 36.4 Å². The third-order valence-corrected chi connectivity index (χ3v) is 6.33. The molecule has 2 heterocycles. The van der Waals surface area contributed by atoms with E-state index in [2.05, 4.69) is 9.80 Å². The van der Waals surface area contributed by atoms with Gasteiger partial charge in [-0.2, -0.15) is 0 Å². The van der Waals surface area contributed by atoms with Gasteiger partial charge >= 0.3 is 0 Å². The van der Waals surface area contributed by atoms with Gasteiger partial charge in [0.05, 0.1) is 32.0 Å². The second-order valence-corrected chi connectivity index (χ2v) is 8.29. The van der Waals surface area contributed by atoms with Gasteiger partial charge in [0.15, 0.2) is 5.78 Å². The molecule has 2 saturated heterocycles. The summed E-state index contributed by atoms with van der Waals surface area (Å²) in [5, 5.41) is 0. The van der Waals surface area contributed by atoms with Crippen molar-refractivity contribution in [3.8, 4) is 22.6 Å². The number of ketones is 1. The van der Waals surface area contributed by atoms with Crippen LogP contribution < -0.4 is 9.47 Å². The number of hydrogen-bond acceptors (Lipinski definition) is 7. The Morgan fingerprint density at radius 3 is 1.75 bits per heavy atom. The maximum Gasteiger partial charge on any atom is 0.198 e. The summed E-state index contributed by atoms with van der Waals surface area (Å²) >= 11 is 0. The summed E-state index contributed by atoms with van der Waals surface area (Å²) in [6.07, 6.45) is 0. The van der Waals surface area contributed by atoms with Gasteiger partial charge in [-0.1, -0.05) is 24.3 Å². The molecule has 2 aromatic carbocycles. The van der Waals surface area contributed by atoms with Crippen molar-refractivity contribution in [2.24, 2.45) is 0 Å². The summed E-state index contributed by atoms with van der Waals surface area (Å²) in [5.41, 5.74) is 3.12. The Bertz CT molecular complexity index is 951. The number of rotatable bonds is 8. The Morgan fingerprint density at radius 2 is 1.19 bits per heavy atom. The minimum atomic E-state index is 0.00982. The van der Waals surface area contributed by atoms with Gasteiger partial charge in [0.1, 0.15) is 24.7 Å². The molecule has 2 aliphatic heterocycles. The molecule has 5 rings (SSSR count). The predicted octanol–water partition coefficient (Wildman–Crippen LogP) is 2.32. The quantitative estimate of drug-likeness (QED) is 0.535. The molecule has 0 saturated carbocycles. The van der Waals surface area contributed by atoms with Crippen LogP contribution in [0.1, 0.15) is 15.9 Å². The number of nitrogens with zero attached hydrogens (tertiary/aromatic N) is 2. The van der Waals surface area contributed by atoms with Crippen molar-refractivity contribution in [3.63, 3.8) is 0 Å². The van der Waals surface area contributed by atoms with E-state index < -0.39 is 0 Å². The molecule has 0 N–H and O–H groups in total. The maximum absolute atomic E-state index is 13.3. The first-order chi connectivity index (χ1) is 15.8. The Labute approximate surface area is 188 Å². The zero-order valence-corrected chi connectivity index (χ0v) is 18.4. The van der Waals surface area contributed by atoms with Gasteiger partial charge < -0.3 is 18.9 Å². The molecule has 1 aliphatic carbocycles. The lowest BCUT2D eigenvalue weighted by molar-refractivity contribution is 0.0322. The van der Waals surface area contributed by atoms with Crippen LogP contribution >= 0.6 is 0 Å². The zero-order chi connectivity index (χ0) is 21.8. The lowest BCUT2D eigenvalue weighted by Crippen LogP contribution is -2.38. The van der Waals surface area contributed by atoms with E-state index in [1.165, 1.54) is 0 Å². The molecule has 3 aliphatic rings. The number of morpholine rings is 2. The molecule has 0 aromatic heterocycles. The molecule has 0 atom stereocenters. The minimum absolute atomic E-state index is 0.00982. The molecule has 7 heteroatoms. The summed E-state index contributed by atoms with van der Waals surface area (Å²) < 4.78 is 23.1. The van der Waals surface area contributed by atoms with Crippen LogP contribution in [0.5, 0.6) is 11.5 Å². The van der Waals surface area contributed by atoms with Gasteiger partial charge in [0, 0.05) is 56.0 Å². The van der Waals surface area contributed by atoms with E-state index in [4.69, 9.17) is 18.9 Å². The highest BCUT2D eigenvalue weighted by Gasteiger charge is 2.32. The Hall–Kier alpha value is -2.45. The van der Waals surface area contributed by atoms with E-state index >= 15 is 0 Å². The summed E-state index contributed by atoms with van der Waals surface area (Å²) in [5.74, 6) is 1.42.